The fourth-order valence-corrected chi connectivity index (χ4v) is 9.54. The van der Waals surface area contributed by atoms with Crippen molar-refractivity contribution in [2.45, 2.75) is 78.5 Å². The van der Waals surface area contributed by atoms with Crippen molar-refractivity contribution >= 4 is 0 Å². The molecular formula is C52H56N4O4. The van der Waals surface area contributed by atoms with Crippen LogP contribution in [0.2, 0.25) is 0 Å². The molecule has 4 aliphatic rings. The van der Waals surface area contributed by atoms with Gasteiger partial charge in [-0.2, -0.15) is 0 Å². The molecule has 308 valence electrons. The molecule has 8 nitrogen and oxygen atoms in total. The number of benzene rings is 6. The van der Waals surface area contributed by atoms with Gasteiger partial charge in [-0.15, -0.1) is 0 Å². The summed E-state index contributed by atoms with van der Waals surface area (Å²) in [7, 11) is 7.11. The molecule has 0 atom stereocenters. The standard InChI is InChI=1S/C52H56N4O4/c1-57-49-17-41-13-42(18-49)30-54-26-38-8-6-9-39(12-38)27-55-33-45-14-43(19-50(21-45)58-2)31-53(29-41)25-37-7-5-10-40(11-37)28-56(34-46-15-44(32-54)20-51(22-46)59-3)36-48-16-47(35-55)23-52(24-48)60-4/h5-24H,25-36H2,1-4H3. The largest absolute Gasteiger partial charge is 0.497 e. The Balaban J connectivity index is 1.28. The van der Waals surface area contributed by atoms with E-state index in [0.717, 1.165) is 102 Å². The first-order valence-corrected chi connectivity index (χ1v) is 21.1. The van der Waals surface area contributed by atoms with Crippen LogP contribution in [-0.2, 0) is 78.5 Å². The van der Waals surface area contributed by atoms with E-state index in [0.29, 0.717) is 0 Å². The number of methoxy groups -OCH3 is 4. The maximum atomic E-state index is 6.00. The molecule has 0 radical (unpaired) electrons. The average molecular weight is 801 g/mol. The summed E-state index contributed by atoms with van der Waals surface area (Å²) in [6.07, 6.45) is 0. The van der Waals surface area contributed by atoms with Gasteiger partial charge in [0.05, 0.1) is 28.4 Å². The first-order chi connectivity index (χ1) is 29.3. The Bertz CT molecular complexity index is 2040. The highest BCUT2D eigenvalue weighted by molar-refractivity contribution is 5.40. The molecule has 10 rings (SSSR count). The van der Waals surface area contributed by atoms with E-state index in [4.69, 9.17) is 18.9 Å². The van der Waals surface area contributed by atoms with Gasteiger partial charge in [0, 0.05) is 78.5 Å². The topological polar surface area (TPSA) is 49.9 Å². The van der Waals surface area contributed by atoms with Crippen LogP contribution in [-0.4, -0.2) is 48.0 Å². The molecule has 4 aliphatic heterocycles. The highest BCUT2D eigenvalue weighted by Crippen LogP contribution is 2.30. The highest BCUT2D eigenvalue weighted by Gasteiger charge is 2.20. The molecule has 0 aromatic heterocycles. The summed E-state index contributed by atoms with van der Waals surface area (Å²) < 4.78 is 24.0. The summed E-state index contributed by atoms with van der Waals surface area (Å²) in [6.45, 7) is 9.25. The first kappa shape index (κ1) is 39.8. The van der Waals surface area contributed by atoms with Gasteiger partial charge in [0.25, 0.3) is 0 Å². The maximum Gasteiger partial charge on any atom is 0.119 e. The monoisotopic (exact) mass is 800 g/mol. The van der Waals surface area contributed by atoms with Crippen molar-refractivity contribution in [1.29, 1.82) is 0 Å². The van der Waals surface area contributed by atoms with E-state index in [1.165, 1.54) is 66.8 Å². The molecular weight excluding hydrogens is 745 g/mol. The normalized spacial score (nSPS) is 20.2. The number of nitrogens with zero attached hydrogens (tertiary/aromatic N) is 4. The van der Waals surface area contributed by atoms with Gasteiger partial charge < -0.3 is 18.9 Å². The second-order valence-electron chi connectivity index (χ2n) is 17.0. The molecule has 0 saturated heterocycles. The Morgan fingerprint density at radius 2 is 0.417 bits per heavy atom. The molecule has 60 heavy (non-hydrogen) atoms. The van der Waals surface area contributed by atoms with Gasteiger partial charge in [0.2, 0.25) is 0 Å². The van der Waals surface area contributed by atoms with E-state index in [2.05, 4.69) is 141 Å². The fourth-order valence-electron chi connectivity index (χ4n) is 9.54. The van der Waals surface area contributed by atoms with Crippen molar-refractivity contribution in [2.75, 3.05) is 28.4 Å². The second kappa shape index (κ2) is 17.9. The Labute approximate surface area is 355 Å². The van der Waals surface area contributed by atoms with Gasteiger partial charge in [-0.05, 0) is 115 Å². The molecule has 4 heterocycles. The van der Waals surface area contributed by atoms with E-state index >= 15 is 0 Å². The lowest BCUT2D eigenvalue weighted by Gasteiger charge is -2.29. The van der Waals surface area contributed by atoms with Gasteiger partial charge >= 0.3 is 0 Å². The number of ether oxygens (including phenoxy) is 4. The van der Waals surface area contributed by atoms with E-state index < -0.39 is 0 Å². The van der Waals surface area contributed by atoms with Crippen LogP contribution in [0.3, 0.4) is 0 Å². The van der Waals surface area contributed by atoms with Crippen LogP contribution in [0.15, 0.2) is 121 Å². The maximum absolute atomic E-state index is 6.00. The number of hydrogen-bond donors (Lipinski definition) is 0. The molecule has 0 aliphatic carbocycles. The number of hydrogen-bond acceptors (Lipinski definition) is 8. The summed E-state index contributed by atoms with van der Waals surface area (Å²) in [4.78, 5) is 10.3. The van der Waals surface area contributed by atoms with Gasteiger partial charge in [-0.25, -0.2) is 0 Å². The van der Waals surface area contributed by atoms with Crippen molar-refractivity contribution in [3.63, 3.8) is 0 Å². The minimum atomic E-state index is 0.761. The van der Waals surface area contributed by atoms with Gasteiger partial charge in [-0.1, -0.05) is 72.8 Å². The minimum Gasteiger partial charge on any atom is -0.497 e. The van der Waals surface area contributed by atoms with Crippen LogP contribution in [0, 0.1) is 0 Å². The van der Waals surface area contributed by atoms with E-state index in [1.54, 1.807) is 28.4 Å². The van der Waals surface area contributed by atoms with Crippen LogP contribution in [0.4, 0.5) is 0 Å². The van der Waals surface area contributed by atoms with Crippen molar-refractivity contribution < 1.29 is 18.9 Å². The highest BCUT2D eigenvalue weighted by atomic mass is 16.5. The van der Waals surface area contributed by atoms with Crippen LogP contribution in [0.1, 0.15) is 66.8 Å². The zero-order chi connectivity index (χ0) is 41.0. The average Bonchev–Trinajstić information content (AvgIpc) is 3.22. The van der Waals surface area contributed by atoms with Gasteiger partial charge in [0.1, 0.15) is 23.0 Å². The molecule has 6 aromatic carbocycles. The third-order valence-electron chi connectivity index (χ3n) is 11.9. The van der Waals surface area contributed by atoms with Gasteiger partial charge in [0.15, 0.2) is 0 Å². The first-order valence-electron chi connectivity index (χ1n) is 21.1. The van der Waals surface area contributed by atoms with Crippen LogP contribution in [0.25, 0.3) is 0 Å². The van der Waals surface area contributed by atoms with Crippen molar-refractivity contribution in [3.05, 3.63) is 188 Å². The Kier molecular flexibility index (Phi) is 11.9. The molecule has 8 heteroatoms. The molecule has 0 saturated carbocycles. The Morgan fingerprint density at radius 3 is 0.600 bits per heavy atom. The lowest BCUT2D eigenvalue weighted by Crippen LogP contribution is -2.26. The molecule has 0 spiro atoms. The van der Waals surface area contributed by atoms with Crippen molar-refractivity contribution in [1.82, 2.24) is 19.6 Å². The minimum absolute atomic E-state index is 0.761. The molecule has 16 bridgehead atoms. The van der Waals surface area contributed by atoms with Crippen molar-refractivity contribution in [3.8, 4) is 23.0 Å². The third-order valence-corrected chi connectivity index (χ3v) is 11.9. The fraction of sp³-hybridized carbons (Fsp3) is 0.308. The molecule has 0 N–H and O–H groups in total. The van der Waals surface area contributed by atoms with E-state index in [-0.39, 0.29) is 0 Å². The summed E-state index contributed by atoms with van der Waals surface area (Å²) in [5, 5.41) is 0. The van der Waals surface area contributed by atoms with Crippen LogP contribution in [0.5, 0.6) is 23.0 Å². The molecule has 6 aromatic rings. The SMILES string of the molecule is COc1cc2cc(c1)CN1Cc3cccc(c3)CN3Cc4cc(cc(OC)c4)CN(Cc4cccc(c4)CN(Cc4cc(cc(OC)c4)C1)Cc1cc(cc(OC)c1)C3)C2. The molecule has 0 amide bonds. The van der Waals surface area contributed by atoms with Crippen LogP contribution < -0.4 is 18.9 Å². The molecule has 0 fully saturated rings. The lowest BCUT2D eigenvalue weighted by atomic mass is 10.0. The second-order valence-corrected chi connectivity index (χ2v) is 17.0. The zero-order valence-corrected chi connectivity index (χ0v) is 35.5. The van der Waals surface area contributed by atoms with E-state index in [1.807, 2.05) is 0 Å². The summed E-state index contributed by atoms with van der Waals surface area (Å²) in [5.41, 5.74) is 15.0. The predicted octanol–water partition coefficient (Wildman–Crippen LogP) is 9.47. The summed E-state index contributed by atoms with van der Waals surface area (Å²) in [6, 6.07) is 45.5. The predicted molar refractivity (Wildman–Crippen MR) is 237 cm³/mol. The summed E-state index contributed by atoms with van der Waals surface area (Å²) >= 11 is 0. The lowest BCUT2D eigenvalue weighted by molar-refractivity contribution is 0.234. The van der Waals surface area contributed by atoms with E-state index in [9.17, 15) is 0 Å². The zero-order valence-electron chi connectivity index (χ0n) is 35.5. The van der Waals surface area contributed by atoms with Gasteiger partial charge in [-0.3, -0.25) is 19.6 Å². The smallest absolute Gasteiger partial charge is 0.119 e. The third kappa shape index (κ3) is 9.86. The number of rotatable bonds is 4. The van der Waals surface area contributed by atoms with Crippen molar-refractivity contribution in [2.24, 2.45) is 0 Å². The summed E-state index contributed by atoms with van der Waals surface area (Å²) in [5.74, 6) is 3.52. The Hall–Kier alpha value is -5.64. The van der Waals surface area contributed by atoms with Crippen LogP contribution >= 0.6 is 0 Å². The molecule has 0 unspecified atom stereocenters. The quantitative estimate of drug-likeness (QED) is 0.175. The Morgan fingerprint density at radius 1 is 0.250 bits per heavy atom.